The Morgan fingerprint density at radius 2 is 2.00 bits per heavy atom. The fourth-order valence-corrected chi connectivity index (χ4v) is 2.32. The van der Waals surface area contributed by atoms with Gasteiger partial charge in [-0.05, 0) is 25.0 Å². The Kier molecular flexibility index (Phi) is 4.15. The second kappa shape index (κ2) is 6.40. The molecule has 4 N–H and O–H groups in total. The van der Waals surface area contributed by atoms with Gasteiger partial charge in [0.15, 0.2) is 0 Å². The Labute approximate surface area is 122 Å². The van der Waals surface area contributed by atoms with E-state index >= 15 is 0 Å². The van der Waals surface area contributed by atoms with E-state index in [1.807, 2.05) is 12.1 Å². The molecule has 8 heteroatoms. The number of anilines is 3. The standard InChI is InChI=1S/C13H19N7O/c14-19-12-16-11(15-6-5-10-4-3-9-21-10)17-13(18-12)20-7-1-2-8-20/h3-4,9H,1-2,5-8,14H2,(H2,15,16,17,18,19). The molecule has 1 fully saturated rings. The molecule has 8 nitrogen and oxygen atoms in total. The highest BCUT2D eigenvalue weighted by Crippen LogP contribution is 2.18. The number of rotatable bonds is 6. The third kappa shape index (κ3) is 3.40. The molecule has 0 spiro atoms. The smallest absolute Gasteiger partial charge is 0.243 e. The first-order valence-corrected chi connectivity index (χ1v) is 7.09. The molecule has 2 aromatic heterocycles. The van der Waals surface area contributed by atoms with Crippen LogP contribution in [0.4, 0.5) is 17.8 Å². The van der Waals surface area contributed by atoms with E-state index in [0.717, 1.165) is 25.3 Å². The molecule has 1 saturated heterocycles. The van der Waals surface area contributed by atoms with Gasteiger partial charge in [0, 0.05) is 26.1 Å². The Morgan fingerprint density at radius 1 is 1.19 bits per heavy atom. The van der Waals surface area contributed by atoms with Crippen LogP contribution in [-0.4, -0.2) is 34.6 Å². The average Bonchev–Trinajstić information content (AvgIpc) is 3.20. The number of hydrogen-bond acceptors (Lipinski definition) is 8. The van der Waals surface area contributed by atoms with Crippen LogP contribution in [0.15, 0.2) is 22.8 Å². The lowest BCUT2D eigenvalue weighted by molar-refractivity contribution is 0.512. The van der Waals surface area contributed by atoms with E-state index in [1.165, 1.54) is 12.8 Å². The van der Waals surface area contributed by atoms with Crippen molar-refractivity contribution in [2.45, 2.75) is 19.3 Å². The molecule has 3 rings (SSSR count). The number of hydrogen-bond donors (Lipinski definition) is 3. The maximum Gasteiger partial charge on any atom is 0.243 e. The number of nitrogens with one attached hydrogen (secondary N) is 2. The van der Waals surface area contributed by atoms with Crippen LogP contribution < -0.4 is 21.5 Å². The summed E-state index contributed by atoms with van der Waals surface area (Å²) in [4.78, 5) is 15.1. The molecule has 0 saturated carbocycles. The molecule has 2 aromatic rings. The van der Waals surface area contributed by atoms with E-state index in [0.29, 0.717) is 24.4 Å². The molecule has 0 aliphatic carbocycles. The minimum atomic E-state index is 0.368. The van der Waals surface area contributed by atoms with Crippen LogP contribution in [0.2, 0.25) is 0 Å². The zero-order chi connectivity index (χ0) is 14.5. The van der Waals surface area contributed by atoms with Crippen molar-refractivity contribution < 1.29 is 4.42 Å². The number of nitrogens with zero attached hydrogens (tertiary/aromatic N) is 4. The van der Waals surface area contributed by atoms with Crippen LogP contribution >= 0.6 is 0 Å². The molecule has 0 radical (unpaired) electrons. The van der Waals surface area contributed by atoms with Gasteiger partial charge in [0.1, 0.15) is 5.76 Å². The summed E-state index contributed by atoms with van der Waals surface area (Å²) in [5, 5.41) is 3.18. The molecule has 0 bridgehead atoms. The van der Waals surface area contributed by atoms with Crippen molar-refractivity contribution in [1.82, 2.24) is 15.0 Å². The topological polar surface area (TPSA) is 105 Å². The van der Waals surface area contributed by atoms with Crippen molar-refractivity contribution in [2.75, 3.05) is 35.3 Å². The lowest BCUT2D eigenvalue weighted by Gasteiger charge is -2.16. The van der Waals surface area contributed by atoms with Gasteiger partial charge in [-0.25, -0.2) is 5.84 Å². The number of hydrazine groups is 1. The predicted molar refractivity (Wildman–Crippen MR) is 80.0 cm³/mol. The van der Waals surface area contributed by atoms with Gasteiger partial charge in [-0.3, -0.25) is 5.43 Å². The van der Waals surface area contributed by atoms with Crippen molar-refractivity contribution in [3.63, 3.8) is 0 Å². The van der Waals surface area contributed by atoms with Gasteiger partial charge >= 0.3 is 0 Å². The van der Waals surface area contributed by atoms with Crippen LogP contribution in [0, 0.1) is 0 Å². The summed E-state index contributed by atoms with van der Waals surface area (Å²) in [5.41, 5.74) is 2.49. The SMILES string of the molecule is NNc1nc(NCCc2ccco2)nc(N2CCCC2)n1. The van der Waals surface area contributed by atoms with Gasteiger partial charge in [0.25, 0.3) is 0 Å². The van der Waals surface area contributed by atoms with Crippen LogP contribution in [0.25, 0.3) is 0 Å². The van der Waals surface area contributed by atoms with Gasteiger partial charge < -0.3 is 14.6 Å². The molecule has 112 valence electrons. The highest BCUT2D eigenvalue weighted by Gasteiger charge is 2.17. The van der Waals surface area contributed by atoms with Gasteiger partial charge in [-0.1, -0.05) is 0 Å². The van der Waals surface area contributed by atoms with E-state index in [1.54, 1.807) is 6.26 Å². The number of aromatic nitrogens is 3. The van der Waals surface area contributed by atoms with Crippen LogP contribution in [0.1, 0.15) is 18.6 Å². The molecule has 0 aromatic carbocycles. The predicted octanol–water partition coefficient (Wildman–Crippen LogP) is 1.00. The van der Waals surface area contributed by atoms with Crippen LogP contribution in [0.5, 0.6) is 0 Å². The molecule has 0 unspecified atom stereocenters. The summed E-state index contributed by atoms with van der Waals surface area (Å²) >= 11 is 0. The van der Waals surface area contributed by atoms with Crippen molar-refractivity contribution in [2.24, 2.45) is 5.84 Å². The minimum absolute atomic E-state index is 0.368. The second-order valence-corrected chi connectivity index (χ2v) is 4.88. The third-order valence-corrected chi connectivity index (χ3v) is 3.38. The maximum atomic E-state index is 5.43. The third-order valence-electron chi connectivity index (χ3n) is 3.38. The average molecular weight is 289 g/mol. The zero-order valence-corrected chi connectivity index (χ0v) is 11.7. The molecule has 0 amide bonds. The Balaban J connectivity index is 1.66. The molecule has 3 heterocycles. The highest BCUT2D eigenvalue weighted by molar-refractivity contribution is 5.43. The van der Waals surface area contributed by atoms with Crippen molar-refractivity contribution in [3.8, 4) is 0 Å². The Morgan fingerprint density at radius 3 is 2.71 bits per heavy atom. The summed E-state index contributed by atoms with van der Waals surface area (Å²) in [5.74, 6) is 7.90. The van der Waals surface area contributed by atoms with Gasteiger partial charge in [0.2, 0.25) is 17.8 Å². The van der Waals surface area contributed by atoms with Crippen LogP contribution in [-0.2, 0) is 6.42 Å². The normalized spacial score (nSPS) is 14.4. The molecular weight excluding hydrogens is 270 g/mol. The summed E-state index contributed by atoms with van der Waals surface area (Å²) < 4.78 is 5.29. The number of furan rings is 1. The summed E-state index contributed by atoms with van der Waals surface area (Å²) in [6.45, 7) is 2.63. The molecule has 0 atom stereocenters. The molecular formula is C13H19N7O. The monoisotopic (exact) mass is 289 g/mol. The fraction of sp³-hybridized carbons (Fsp3) is 0.462. The van der Waals surface area contributed by atoms with E-state index in [4.69, 9.17) is 10.3 Å². The summed E-state index contributed by atoms with van der Waals surface area (Å²) in [6.07, 6.45) is 4.76. The first kappa shape index (κ1) is 13.6. The van der Waals surface area contributed by atoms with Crippen molar-refractivity contribution in [3.05, 3.63) is 24.2 Å². The van der Waals surface area contributed by atoms with E-state index in [2.05, 4.69) is 30.6 Å². The first-order valence-electron chi connectivity index (χ1n) is 7.09. The lowest BCUT2D eigenvalue weighted by atomic mass is 10.3. The maximum absolute atomic E-state index is 5.43. The number of nitrogen functional groups attached to an aromatic ring is 1. The van der Waals surface area contributed by atoms with E-state index in [-0.39, 0.29) is 0 Å². The van der Waals surface area contributed by atoms with Crippen LogP contribution in [0.3, 0.4) is 0 Å². The van der Waals surface area contributed by atoms with Crippen molar-refractivity contribution >= 4 is 17.8 Å². The Bertz CT molecular complexity index is 566. The van der Waals surface area contributed by atoms with Gasteiger partial charge in [0.05, 0.1) is 6.26 Å². The van der Waals surface area contributed by atoms with Gasteiger partial charge in [-0.2, -0.15) is 15.0 Å². The van der Waals surface area contributed by atoms with E-state index < -0.39 is 0 Å². The first-order chi connectivity index (χ1) is 10.3. The number of nitrogens with two attached hydrogens (primary N) is 1. The minimum Gasteiger partial charge on any atom is -0.469 e. The fourth-order valence-electron chi connectivity index (χ4n) is 2.32. The lowest BCUT2D eigenvalue weighted by Crippen LogP contribution is -2.23. The highest BCUT2D eigenvalue weighted by atomic mass is 16.3. The second-order valence-electron chi connectivity index (χ2n) is 4.88. The zero-order valence-electron chi connectivity index (χ0n) is 11.7. The molecule has 1 aliphatic heterocycles. The van der Waals surface area contributed by atoms with E-state index in [9.17, 15) is 0 Å². The Hall–Kier alpha value is -2.35. The molecule has 21 heavy (non-hydrogen) atoms. The van der Waals surface area contributed by atoms with Gasteiger partial charge in [-0.15, -0.1) is 0 Å². The summed E-state index contributed by atoms with van der Waals surface area (Å²) in [6, 6.07) is 3.82. The van der Waals surface area contributed by atoms with Crippen molar-refractivity contribution in [1.29, 1.82) is 0 Å². The molecule has 1 aliphatic rings. The quantitative estimate of drug-likeness (QED) is 0.534. The largest absolute Gasteiger partial charge is 0.469 e. The summed E-state index contributed by atoms with van der Waals surface area (Å²) in [7, 11) is 0.